The summed E-state index contributed by atoms with van der Waals surface area (Å²) in [6.07, 6.45) is 1.54. The lowest BCUT2D eigenvalue weighted by molar-refractivity contribution is 0.355. The van der Waals surface area contributed by atoms with Crippen LogP contribution in [-0.4, -0.2) is 28.9 Å². The first-order valence-corrected chi connectivity index (χ1v) is 8.61. The van der Waals surface area contributed by atoms with Gasteiger partial charge in [0.15, 0.2) is 11.5 Å². The molecule has 0 amide bonds. The molecule has 0 aliphatic rings. The van der Waals surface area contributed by atoms with Crippen molar-refractivity contribution in [2.45, 2.75) is 4.90 Å². The third kappa shape index (κ3) is 4.38. The van der Waals surface area contributed by atoms with Crippen molar-refractivity contribution in [3.63, 3.8) is 0 Å². The molecule has 3 N–H and O–H groups in total. The normalized spacial score (nSPS) is 11.5. The molecular formula is C15H16ClN3O4S. The summed E-state index contributed by atoms with van der Waals surface area (Å²) in [4.78, 5) is 0.0312. The fourth-order valence-electron chi connectivity index (χ4n) is 1.91. The molecule has 0 aliphatic heterocycles. The smallest absolute Gasteiger partial charge is 0.238 e. The summed E-state index contributed by atoms with van der Waals surface area (Å²) >= 11 is 6.11. The Balaban J connectivity index is 2.13. The summed E-state index contributed by atoms with van der Waals surface area (Å²) in [6, 6.07) is 9.29. The third-order valence-corrected chi connectivity index (χ3v) is 4.26. The van der Waals surface area contributed by atoms with Crippen LogP contribution >= 0.6 is 11.6 Å². The molecular weight excluding hydrogens is 354 g/mol. The highest BCUT2D eigenvalue weighted by Gasteiger charge is 2.10. The molecule has 0 aromatic heterocycles. The average Bonchev–Trinajstić information content (AvgIpc) is 2.54. The van der Waals surface area contributed by atoms with Gasteiger partial charge in [0.1, 0.15) is 0 Å². The number of rotatable bonds is 6. The highest BCUT2D eigenvalue weighted by Crippen LogP contribution is 2.35. The van der Waals surface area contributed by atoms with E-state index < -0.39 is 10.0 Å². The van der Waals surface area contributed by atoms with Crippen molar-refractivity contribution in [3.8, 4) is 11.5 Å². The van der Waals surface area contributed by atoms with Gasteiger partial charge >= 0.3 is 0 Å². The van der Waals surface area contributed by atoms with Crippen LogP contribution in [0.25, 0.3) is 0 Å². The van der Waals surface area contributed by atoms with E-state index in [0.717, 1.165) is 0 Å². The molecule has 2 aromatic rings. The van der Waals surface area contributed by atoms with Crippen molar-refractivity contribution in [2.75, 3.05) is 19.6 Å². The van der Waals surface area contributed by atoms with E-state index in [-0.39, 0.29) is 4.90 Å². The summed E-state index contributed by atoms with van der Waals surface area (Å²) in [6.45, 7) is 0. The van der Waals surface area contributed by atoms with Crippen LogP contribution in [0.3, 0.4) is 0 Å². The van der Waals surface area contributed by atoms with E-state index >= 15 is 0 Å². The van der Waals surface area contributed by atoms with Gasteiger partial charge in [-0.3, -0.25) is 5.43 Å². The van der Waals surface area contributed by atoms with Crippen molar-refractivity contribution >= 4 is 33.5 Å². The topological polar surface area (TPSA) is 103 Å². The molecule has 2 rings (SSSR count). The number of hydrazone groups is 1. The summed E-state index contributed by atoms with van der Waals surface area (Å²) < 4.78 is 32.7. The van der Waals surface area contributed by atoms with Gasteiger partial charge in [0.05, 0.1) is 36.0 Å². The lowest BCUT2D eigenvalue weighted by Gasteiger charge is -2.10. The van der Waals surface area contributed by atoms with Crippen LogP contribution in [0, 0.1) is 0 Å². The Morgan fingerprint density at radius 2 is 1.83 bits per heavy atom. The monoisotopic (exact) mass is 369 g/mol. The molecule has 9 heteroatoms. The van der Waals surface area contributed by atoms with Gasteiger partial charge in [-0.1, -0.05) is 11.6 Å². The maximum atomic E-state index is 11.2. The molecule has 128 valence electrons. The Hall–Kier alpha value is -2.29. The van der Waals surface area contributed by atoms with E-state index in [0.29, 0.717) is 27.8 Å². The van der Waals surface area contributed by atoms with Gasteiger partial charge in [-0.05, 0) is 42.0 Å². The van der Waals surface area contributed by atoms with Crippen molar-refractivity contribution in [2.24, 2.45) is 10.2 Å². The summed E-state index contributed by atoms with van der Waals surface area (Å²) in [5.41, 5.74) is 4.08. The number of anilines is 1. The molecule has 0 aliphatic carbocycles. The summed E-state index contributed by atoms with van der Waals surface area (Å²) in [5.74, 6) is 0.937. The van der Waals surface area contributed by atoms with Crippen LogP contribution in [0.5, 0.6) is 11.5 Å². The number of methoxy groups -OCH3 is 2. The molecule has 24 heavy (non-hydrogen) atoms. The second-order valence-electron chi connectivity index (χ2n) is 4.68. The molecule has 0 heterocycles. The Morgan fingerprint density at radius 3 is 2.38 bits per heavy atom. The number of ether oxygens (including phenoxy) is 2. The minimum atomic E-state index is -3.71. The fourth-order valence-corrected chi connectivity index (χ4v) is 2.72. The van der Waals surface area contributed by atoms with Crippen LogP contribution in [0.1, 0.15) is 5.56 Å². The number of nitrogens with one attached hydrogen (secondary N) is 1. The average molecular weight is 370 g/mol. The van der Waals surface area contributed by atoms with E-state index in [9.17, 15) is 8.42 Å². The number of benzene rings is 2. The number of hydrogen-bond donors (Lipinski definition) is 2. The number of hydrogen-bond acceptors (Lipinski definition) is 6. The van der Waals surface area contributed by atoms with Crippen LogP contribution in [-0.2, 0) is 10.0 Å². The van der Waals surface area contributed by atoms with Crippen molar-refractivity contribution in [1.29, 1.82) is 0 Å². The molecule has 0 bridgehead atoms. The molecule has 7 nitrogen and oxygen atoms in total. The van der Waals surface area contributed by atoms with E-state index in [1.54, 1.807) is 30.5 Å². The van der Waals surface area contributed by atoms with Gasteiger partial charge in [-0.2, -0.15) is 5.10 Å². The van der Waals surface area contributed by atoms with Crippen LogP contribution < -0.4 is 20.0 Å². The van der Waals surface area contributed by atoms with Gasteiger partial charge in [0.25, 0.3) is 0 Å². The molecule has 2 aromatic carbocycles. The van der Waals surface area contributed by atoms with Crippen molar-refractivity contribution < 1.29 is 17.9 Å². The maximum Gasteiger partial charge on any atom is 0.238 e. The van der Waals surface area contributed by atoms with Crippen molar-refractivity contribution in [1.82, 2.24) is 0 Å². The zero-order valence-corrected chi connectivity index (χ0v) is 14.6. The van der Waals surface area contributed by atoms with Gasteiger partial charge in [0, 0.05) is 0 Å². The third-order valence-electron chi connectivity index (χ3n) is 3.05. The Bertz CT molecular complexity index is 852. The largest absolute Gasteiger partial charge is 0.493 e. The number of halogens is 1. The Morgan fingerprint density at radius 1 is 1.17 bits per heavy atom. The van der Waals surface area contributed by atoms with Crippen LogP contribution in [0.4, 0.5) is 5.69 Å². The van der Waals surface area contributed by atoms with E-state index in [2.05, 4.69) is 10.5 Å². The van der Waals surface area contributed by atoms with Crippen LogP contribution in [0.2, 0.25) is 5.02 Å². The molecule has 0 fully saturated rings. The van der Waals surface area contributed by atoms with Gasteiger partial charge in [-0.25, -0.2) is 13.6 Å². The highest BCUT2D eigenvalue weighted by atomic mass is 35.5. The second kappa shape index (κ2) is 7.52. The van der Waals surface area contributed by atoms with E-state index in [1.807, 2.05) is 0 Å². The lowest BCUT2D eigenvalue weighted by Crippen LogP contribution is -2.11. The SMILES string of the molecule is COc1cc(/C=N/Nc2ccc(S(N)(=O)=O)cc2)cc(Cl)c1OC. The molecule has 0 atom stereocenters. The number of nitrogens with two attached hydrogens (primary N) is 1. The first kappa shape index (κ1) is 18.1. The minimum Gasteiger partial charge on any atom is -0.493 e. The first-order chi connectivity index (χ1) is 11.3. The standard InChI is InChI=1S/C15H16ClN3O4S/c1-22-14-8-10(7-13(16)15(14)23-2)9-18-19-11-3-5-12(6-4-11)24(17,20)21/h3-9,19H,1-2H3,(H2,17,20,21)/b18-9+. The zero-order valence-electron chi connectivity index (χ0n) is 13.0. The van der Waals surface area contributed by atoms with E-state index in [4.69, 9.17) is 26.2 Å². The Kier molecular flexibility index (Phi) is 5.66. The number of nitrogens with zero attached hydrogens (tertiary/aromatic N) is 1. The highest BCUT2D eigenvalue weighted by molar-refractivity contribution is 7.89. The maximum absolute atomic E-state index is 11.2. The molecule has 0 saturated heterocycles. The quantitative estimate of drug-likeness (QED) is 0.601. The first-order valence-electron chi connectivity index (χ1n) is 6.68. The molecule has 0 spiro atoms. The second-order valence-corrected chi connectivity index (χ2v) is 6.65. The molecule has 0 radical (unpaired) electrons. The minimum absolute atomic E-state index is 0.0312. The lowest BCUT2D eigenvalue weighted by atomic mass is 10.2. The predicted octanol–water partition coefficient (Wildman–Crippen LogP) is 2.45. The Labute approximate surface area is 145 Å². The summed E-state index contributed by atoms with van der Waals surface area (Å²) in [7, 11) is -0.690. The zero-order chi connectivity index (χ0) is 17.7. The van der Waals surface area contributed by atoms with Gasteiger partial charge in [0.2, 0.25) is 10.0 Å². The molecule has 0 unspecified atom stereocenters. The number of sulfonamides is 1. The number of primary sulfonamides is 1. The molecule has 0 saturated carbocycles. The van der Waals surface area contributed by atoms with E-state index in [1.165, 1.54) is 26.4 Å². The van der Waals surface area contributed by atoms with Crippen LogP contribution in [0.15, 0.2) is 46.4 Å². The van der Waals surface area contributed by atoms with Crippen molar-refractivity contribution in [3.05, 3.63) is 47.0 Å². The summed E-state index contributed by atoms with van der Waals surface area (Å²) in [5, 5.41) is 9.50. The predicted molar refractivity (Wildman–Crippen MR) is 93.6 cm³/mol. The van der Waals surface area contributed by atoms with Gasteiger partial charge in [-0.15, -0.1) is 0 Å². The fraction of sp³-hybridized carbons (Fsp3) is 0.133. The van der Waals surface area contributed by atoms with Gasteiger partial charge < -0.3 is 9.47 Å².